The Morgan fingerprint density at radius 1 is 1.00 bits per heavy atom. The maximum absolute atomic E-state index is 13.5. The zero-order chi connectivity index (χ0) is 22.9. The molecule has 4 aromatic rings. The number of nitrogens with zero attached hydrogens (tertiary/aromatic N) is 5. The largest absolute Gasteiger partial charge is 0.497 e. The van der Waals surface area contributed by atoms with Crippen molar-refractivity contribution in [1.82, 2.24) is 24.6 Å². The van der Waals surface area contributed by atoms with Crippen LogP contribution in [0.5, 0.6) is 5.75 Å². The summed E-state index contributed by atoms with van der Waals surface area (Å²) in [5.74, 6) is 0.798. The quantitative estimate of drug-likeness (QED) is 0.480. The third kappa shape index (κ3) is 3.82. The van der Waals surface area contributed by atoms with Crippen LogP contribution in [0.1, 0.15) is 20.9 Å². The van der Waals surface area contributed by atoms with Gasteiger partial charge in [0.25, 0.3) is 11.8 Å². The van der Waals surface area contributed by atoms with Crippen LogP contribution in [0.3, 0.4) is 0 Å². The number of rotatable bonds is 4. The number of pyridine rings is 1. The standard InChI is InChI=1S/C24H23N5O4/c1-27-22-19(15-25-27)18(14-20(26-22)16-5-7-17(32-2)8-6-16)23(30)28-9-11-29(12-10-28)24(31)21-4-3-13-33-21/h3-8,13-15H,9-12H2,1-2H3. The number of piperazine rings is 1. The van der Waals surface area contributed by atoms with Gasteiger partial charge in [-0.25, -0.2) is 4.98 Å². The van der Waals surface area contributed by atoms with Crippen molar-refractivity contribution in [3.05, 3.63) is 66.2 Å². The van der Waals surface area contributed by atoms with E-state index in [1.165, 1.54) is 6.26 Å². The van der Waals surface area contributed by atoms with Crippen molar-refractivity contribution in [3.63, 3.8) is 0 Å². The number of fused-ring (bicyclic) bond motifs is 1. The summed E-state index contributed by atoms with van der Waals surface area (Å²) >= 11 is 0. The van der Waals surface area contributed by atoms with Gasteiger partial charge in [0, 0.05) is 38.8 Å². The van der Waals surface area contributed by atoms with Crippen molar-refractivity contribution in [2.75, 3.05) is 33.3 Å². The number of ether oxygens (including phenoxy) is 1. The molecular weight excluding hydrogens is 422 g/mol. The highest BCUT2D eigenvalue weighted by atomic mass is 16.5. The molecule has 1 aliphatic rings. The second-order valence-electron chi connectivity index (χ2n) is 7.85. The molecule has 0 atom stereocenters. The Bertz CT molecular complexity index is 1300. The van der Waals surface area contributed by atoms with Gasteiger partial charge in [-0.1, -0.05) is 0 Å². The molecule has 0 N–H and O–H groups in total. The zero-order valence-corrected chi connectivity index (χ0v) is 18.4. The highest BCUT2D eigenvalue weighted by Gasteiger charge is 2.28. The summed E-state index contributed by atoms with van der Waals surface area (Å²) in [6.07, 6.45) is 3.15. The normalized spacial score (nSPS) is 14.0. The fourth-order valence-electron chi connectivity index (χ4n) is 4.04. The van der Waals surface area contributed by atoms with Gasteiger partial charge >= 0.3 is 0 Å². The molecule has 1 aliphatic heterocycles. The van der Waals surface area contributed by atoms with Crippen LogP contribution in [0, 0.1) is 0 Å². The number of aryl methyl sites for hydroxylation is 1. The Hall–Kier alpha value is -4.14. The minimum atomic E-state index is -0.160. The molecular formula is C24H23N5O4. The lowest BCUT2D eigenvalue weighted by Gasteiger charge is -2.34. The highest BCUT2D eigenvalue weighted by molar-refractivity contribution is 6.06. The van der Waals surface area contributed by atoms with Crippen molar-refractivity contribution in [2.24, 2.45) is 7.05 Å². The summed E-state index contributed by atoms with van der Waals surface area (Å²) in [6.45, 7) is 1.76. The third-order valence-electron chi connectivity index (χ3n) is 5.91. The predicted molar refractivity (Wildman–Crippen MR) is 121 cm³/mol. The summed E-state index contributed by atoms with van der Waals surface area (Å²) in [6, 6.07) is 12.7. The van der Waals surface area contributed by atoms with E-state index in [1.807, 2.05) is 30.3 Å². The van der Waals surface area contributed by atoms with Crippen molar-refractivity contribution in [2.45, 2.75) is 0 Å². The molecule has 0 unspecified atom stereocenters. The molecule has 33 heavy (non-hydrogen) atoms. The van der Waals surface area contributed by atoms with E-state index in [4.69, 9.17) is 14.1 Å². The second kappa shape index (κ2) is 8.42. The van der Waals surface area contributed by atoms with Gasteiger partial charge in [0.1, 0.15) is 5.75 Å². The van der Waals surface area contributed by atoms with Crippen LogP contribution in [-0.2, 0) is 7.05 Å². The number of carbonyl (C=O) groups excluding carboxylic acids is 2. The summed E-state index contributed by atoms with van der Waals surface area (Å²) in [7, 11) is 3.42. The van der Waals surface area contributed by atoms with E-state index in [-0.39, 0.29) is 11.8 Å². The Morgan fingerprint density at radius 3 is 2.33 bits per heavy atom. The lowest BCUT2D eigenvalue weighted by atomic mass is 10.1. The zero-order valence-electron chi connectivity index (χ0n) is 18.4. The number of hydrogen-bond acceptors (Lipinski definition) is 6. The Balaban J connectivity index is 1.42. The van der Waals surface area contributed by atoms with E-state index in [0.29, 0.717) is 54.2 Å². The molecule has 1 saturated heterocycles. The van der Waals surface area contributed by atoms with Gasteiger partial charge in [-0.3, -0.25) is 14.3 Å². The number of aromatic nitrogens is 3. The van der Waals surface area contributed by atoms with Crippen LogP contribution in [0.25, 0.3) is 22.3 Å². The first kappa shape index (κ1) is 20.7. The van der Waals surface area contributed by atoms with Crippen molar-refractivity contribution in [3.8, 4) is 17.0 Å². The van der Waals surface area contributed by atoms with Crippen LogP contribution >= 0.6 is 0 Å². The molecule has 2 amide bonds. The van der Waals surface area contributed by atoms with Gasteiger partial charge in [-0.2, -0.15) is 5.10 Å². The Labute approximate surface area is 190 Å². The molecule has 0 radical (unpaired) electrons. The van der Waals surface area contributed by atoms with Crippen LogP contribution in [0.15, 0.2) is 59.3 Å². The van der Waals surface area contributed by atoms with E-state index < -0.39 is 0 Å². The summed E-state index contributed by atoms with van der Waals surface area (Å²) in [5, 5.41) is 5.01. The molecule has 1 aromatic carbocycles. The number of benzene rings is 1. The van der Waals surface area contributed by atoms with Gasteiger partial charge in [0.2, 0.25) is 0 Å². The molecule has 9 nitrogen and oxygen atoms in total. The monoisotopic (exact) mass is 445 g/mol. The first-order chi connectivity index (χ1) is 16.0. The molecule has 1 fully saturated rings. The number of carbonyl (C=O) groups is 2. The van der Waals surface area contributed by atoms with Crippen molar-refractivity contribution >= 4 is 22.8 Å². The van der Waals surface area contributed by atoms with E-state index in [0.717, 1.165) is 11.3 Å². The van der Waals surface area contributed by atoms with Crippen LogP contribution in [-0.4, -0.2) is 69.7 Å². The van der Waals surface area contributed by atoms with Crippen LogP contribution < -0.4 is 4.74 Å². The maximum Gasteiger partial charge on any atom is 0.289 e. The fourth-order valence-corrected chi connectivity index (χ4v) is 4.04. The molecule has 4 heterocycles. The smallest absolute Gasteiger partial charge is 0.289 e. The Morgan fingerprint density at radius 2 is 1.70 bits per heavy atom. The summed E-state index contributed by atoms with van der Waals surface area (Å²) in [5.41, 5.74) is 2.74. The number of amides is 2. The van der Waals surface area contributed by atoms with Gasteiger partial charge in [-0.15, -0.1) is 0 Å². The van der Waals surface area contributed by atoms with E-state index in [9.17, 15) is 9.59 Å². The average molecular weight is 445 g/mol. The second-order valence-corrected chi connectivity index (χ2v) is 7.85. The predicted octanol–water partition coefficient (Wildman–Crippen LogP) is 2.84. The fraction of sp³-hybridized carbons (Fsp3) is 0.250. The lowest BCUT2D eigenvalue weighted by Crippen LogP contribution is -2.50. The van der Waals surface area contributed by atoms with Gasteiger partial charge in [0.15, 0.2) is 11.4 Å². The van der Waals surface area contributed by atoms with Crippen LogP contribution in [0.4, 0.5) is 0 Å². The molecule has 0 aliphatic carbocycles. The third-order valence-corrected chi connectivity index (χ3v) is 5.91. The topological polar surface area (TPSA) is 93.7 Å². The first-order valence-corrected chi connectivity index (χ1v) is 10.6. The van der Waals surface area contributed by atoms with E-state index in [2.05, 4.69) is 5.10 Å². The molecule has 168 valence electrons. The van der Waals surface area contributed by atoms with E-state index in [1.54, 1.807) is 47.0 Å². The SMILES string of the molecule is COc1ccc(-c2cc(C(=O)N3CCN(C(=O)c4ccco4)CC3)c3cnn(C)c3n2)cc1. The number of methoxy groups -OCH3 is 1. The molecule has 5 rings (SSSR count). The Kier molecular flexibility index (Phi) is 5.29. The first-order valence-electron chi connectivity index (χ1n) is 10.6. The van der Waals surface area contributed by atoms with Crippen molar-refractivity contribution in [1.29, 1.82) is 0 Å². The van der Waals surface area contributed by atoms with Crippen molar-refractivity contribution < 1.29 is 18.7 Å². The maximum atomic E-state index is 13.5. The van der Waals surface area contributed by atoms with Gasteiger partial charge in [-0.05, 0) is 42.5 Å². The minimum absolute atomic E-state index is 0.102. The van der Waals surface area contributed by atoms with Crippen LogP contribution in [0.2, 0.25) is 0 Å². The molecule has 9 heteroatoms. The molecule has 0 spiro atoms. The minimum Gasteiger partial charge on any atom is -0.497 e. The molecule has 0 bridgehead atoms. The number of hydrogen-bond donors (Lipinski definition) is 0. The summed E-state index contributed by atoms with van der Waals surface area (Å²) < 4.78 is 12.1. The molecule has 0 saturated carbocycles. The summed E-state index contributed by atoms with van der Waals surface area (Å²) in [4.78, 5) is 34.3. The molecule has 3 aromatic heterocycles. The average Bonchev–Trinajstić information content (AvgIpc) is 3.53. The highest BCUT2D eigenvalue weighted by Crippen LogP contribution is 2.27. The van der Waals surface area contributed by atoms with E-state index >= 15 is 0 Å². The number of furan rings is 1. The van der Waals surface area contributed by atoms with Gasteiger partial charge in [0.05, 0.1) is 36.2 Å². The van der Waals surface area contributed by atoms with Gasteiger partial charge < -0.3 is 19.0 Å². The lowest BCUT2D eigenvalue weighted by molar-refractivity contribution is 0.0519.